The summed E-state index contributed by atoms with van der Waals surface area (Å²) in [6.45, 7) is -0.385. The number of hydrogen-bond acceptors (Lipinski definition) is 6. The van der Waals surface area contributed by atoms with Crippen LogP contribution >= 0.6 is 11.3 Å². The van der Waals surface area contributed by atoms with Crippen molar-refractivity contribution in [3.05, 3.63) is 72.0 Å². The topological polar surface area (TPSA) is 79.7 Å². The maximum Gasteiger partial charge on any atom is 0.266 e. The fraction of sp³-hybridized carbons (Fsp3) is 0.167. The number of anilines is 1. The zero-order chi connectivity index (χ0) is 19.3. The summed E-state index contributed by atoms with van der Waals surface area (Å²) in [5.41, 5.74) is 0. The van der Waals surface area contributed by atoms with Gasteiger partial charge in [-0.05, 0) is 36.4 Å². The third-order valence-corrected chi connectivity index (χ3v) is 6.28. The molecule has 0 saturated heterocycles. The Morgan fingerprint density at radius 3 is 2.48 bits per heavy atom. The fourth-order valence-electron chi connectivity index (χ4n) is 2.31. The Labute approximate surface area is 160 Å². The highest BCUT2D eigenvalue weighted by atomic mass is 32.2. The minimum atomic E-state index is -3.89. The standard InChI is InChI=1S/C18H17FN2O4S2/c19-14-6-8-16(9-7-14)25-13-15(22)12-21(18-20-10-11-26-18)27(23,24)17-4-2-1-3-5-17/h1-11,15,22H,12-13H2/t15-/m1/s1. The maximum atomic E-state index is 13.0. The van der Waals surface area contributed by atoms with Crippen molar-refractivity contribution in [2.24, 2.45) is 0 Å². The first-order valence-electron chi connectivity index (χ1n) is 8.00. The van der Waals surface area contributed by atoms with Gasteiger partial charge < -0.3 is 9.84 Å². The molecule has 1 atom stereocenters. The van der Waals surface area contributed by atoms with E-state index < -0.39 is 21.9 Å². The van der Waals surface area contributed by atoms with Gasteiger partial charge in [0.15, 0.2) is 5.13 Å². The molecule has 0 aliphatic heterocycles. The van der Waals surface area contributed by atoms with Crippen LogP contribution in [-0.2, 0) is 10.0 Å². The third kappa shape index (κ3) is 4.82. The van der Waals surface area contributed by atoms with Crippen LogP contribution in [-0.4, -0.2) is 37.8 Å². The molecule has 0 amide bonds. The number of hydrogen-bond donors (Lipinski definition) is 1. The highest BCUT2D eigenvalue weighted by Crippen LogP contribution is 2.26. The lowest BCUT2D eigenvalue weighted by molar-refractivity contribution is 0.115. The van der Waals surface area contributed by atoms with Gasteiger partial charge in [-0.25, -0.2) is 22.1 Å². The van der Waals surface area contributed by atoms with E-state index in [9.17, 15) is 17.9 Å². The molecule has 0 bridgehead atoms. The molecule has 0 aliphatic rings. The van der Waals surface area contributed by atoms with Crippen LogP contribution in [0.3, 0.4) is 0 Å². The first kappa shape index (κ1) is 19.3. The summed E-state index contributed by atoms with van der Waals surface area (Å²) in [7, 11) is -3.89. The van der Waals surface area contributed by atoms with Crippen molar-refractivity contribution < 1.29 is 22.7 Å². The average Bonchev–Trinajstić information content (AvgIpc) is 3.20. The molecule has 0 fully saturated rings. The van der Waals surface area contributed by atoms with Gasteiger partial charge in [-0.15, -0.1) is 11.3 Å². The molecule has 0 spiro atoms. The molecule has 1 aromatic heterocycles. The van der Waals surface area contributed by atoms with Gasteiger partial charge in [-0.2, -0.15) is 0 Å². The Balaban J connectivity index is 1.75. The number of nitrogens with zero attached hydrogens (tertiary/aromatic N) is 2. The summed E-state index contributed by atoms with van der Waals surface area (Å²) in [5, 5.41) is 12.2. The molecule has 3 aromatic rings. The lowest BCUT2D eigenvalue weighted by Crippen LogP contribution is -2.39. The first-order valence-corrected chi connectivity index (χ1v) is 10.3. The molecule has 0 aliphatic carbocycles. The smallest absolute Gasteiger partial charge is 0.266 e. The molecule has 0 saturated carbocycles. The van der Waals surface area contributed by atoms with Gasteiger partial charge in [0.2, 0.25) is 0 Å². The van der Waals surface area contributed by atoms with Gasteiger partial charge in [0.05, 0.1) is 11.4 Å². The lowest BCUT2D eigenvalue weighted by Gasteiger charge is -2.24. The van der Waals surface area contributed by atoms with Crippen molar-refractivity contribution in [3.8, 4) is 5.75 Å². The van der Waals surface area contributed by atoms with Gasteiger partial charge in [0.25, 0.3) is 10.0 Å². The minimum Gasteiger partial charge on any atom is -0.491 e. The molecule has 9 heteroatoms. The van der Waals surface area contributed by atoms with Crippen LogP contribution in [0.25, 0.3) is 0 Å². The van der Waals surface area contributed by atoms with Crippen LogP contribution in [0.5, 0.6) is 5.75 Å². The van der Waals surface area contributed by atoms with Crippen LogP contribution < -0.4 is 9.04 Å². The summed E-state index contributed by atoms with van der Waals surface area (Å²) < 4.78 is 45.3. The highest BCUT2D eigenvalue weighted by Gasteiger charge is 2.29. The predicted octanol–water partition coefficient (Wildman–Crippen LogP) is 2.92. The second kappa shape index (κ2) is 8.47. The van der Waals surface area contributed by atoms with Crippen molar-refractivity contribution in [1.82, 2.24) is 4.98 Å². The van der Waals surface area contributed by atoms with Crippen molar-refractivity contribution in [2.45, 2.75) is 11.0 Å². The minimum absolute atomic E-state index is 0.104. The zero-order valence-corrected chi connectivity index (χ0v) is 15.7. The van der Waals surface area contributed by atoms with Crippen LogP contribution in [0.4, 0.5) is 9.52 Å². The van der Waals surface area contributed by atoms with E-state index in [1.54, 1.807) is 23.6 Å². The van der Waals surface area contributed by atoms with Crippen molar-refractivity contribution >= 4 is 26.5 Å². The molecular formula is C18H17FN2O4S2. The largest absolute Gasteiger partial charge is 0.491 e. The van der Waals surface area contributed by atoms with Gasteiger partial charge in [-0.1, -0.05) is 18.2 Å². The number of rotatable bonds is 8. The van der Waals surface area contributed by atoms with Gasteiger partial charge >= 0.3 is 0 Å². The van der Waals surface area contributed by atoms with Crippen LogP contribution in [0, 0.1) is 5.82 Å². The predicted molar refractivity (Wildman–Crippen MR) is 101 cm³/mol. The monoisotopic (exact) mass is 408 g/mol. The van der Waals surface area contributed by atoms with E-state index in [1.165, 1.54) is 42.6 Å². The highest BCUT2D eigenvalue weighted by molar-refractivity contribution is 7.93. The second-order valence-electron chi connectivity index (χ2n) is 5.58. The Hall–Kier alpha value is -2.49. The van der Waals surface area contributed by atoms with E-state index in [1.807, 2.05) is 0 Å². The molecule has 2 aromatic carbocycles. The third-order valence-electron chi connectivity index (χ3n) is 3.60. The van der Waals surface area contributed by atoms with Gasteiger partial charge in [-0.3, -0.25) is 0 Å². The number of aliphatic hydroxyl groups excluding tert-OH is 1. The molecule has 1 heterocycles. The molecular weight excluding hydrogens is 391 g/mol. The van der Waals surface area contributed by atoms with E-state index in [-0.39, 0.29) is 23.2 Å². The molecule has 6 nitrogen and oxygen atoms in total. The quantitative estimate of drug-likeness (QED) is 0.620. The number of thiazole rings is 1. The van der Waals surface area contributed by atoms with Crippen molar-refractivity contribution in [2.75, 3.05) is 17.5 Å². The summed E-state index contributed by atoms with van der Waals surface area (Å²) in [6.07, 6.45) is 0.381. The molecule has 0 unspecified atom stereocenters. The summed E-state index contributed by atoms with van der Waals surface area (Å²) >= 11 is 1.15. The molecule has 27 heavy (non-hydrogen) atoms. The number of aliphatic hydroxyl groups is 1. The normalized spacial score (nSPS) is 12.5. The SMILES string of the molecule is O=S(=O)(c1ccccc1)N(C[C@@H](O)COc1ccc(F)cc1)c1nccs1. The maximum absolute atomic E-state index is 13.0. The number of ether oxygens (including phenoxy) is 1. The van der Waals surface area contributed by atoms with Crippen LogP contribution in [0.2, 0.25) is 0 Å². The van der Waals surface area contributed by atoms with E-state index in [0.29, 0.717) is 5.75 Å². The van der Waals surface area contributed by atoms with E-state index in [2.05, 4.69) is 4.98 Å². The number of halogens is 1. The van der Waals surface area contributed by atoms with E-state index in [4.69, 9.17) is 4.74 Å². The molecule has 3 rings (SSSR count). The Morgan fingerprint density at radius 1 is 1.15 bits per heavy atom. The Morgan fingerprint density at radius 2 is 1.85 bits per heavy atom. The Kier molecular flexibility index (Phi) is 6.04. The van der Waals surface area contributed by atoms with Crippen LogP contribution in [0.15, 0.2) is 71.1 Å². The summed E-state index contributed by atoms with van der Waals surface area (Å²) in [5.74, 6) is -0.0195. The van der Waals surface area contributed by atoms with Crippen LogP contribution in [0.1, 0.15) is 0 Å². The number of sulfonamides is 1. The Bertz CT molecular complexity index is 949. The van der Waals surface area contributed by atoms with E-state index >= 15 is 0 Å². The molecule has 1 N–H and O–H groups in total. The zero-order valence-electron chi connectivity index (χ0n) is 14.1. The fourth-order valence-corrected chi connectivity index (χ4v) is 4.66. The summed E-state index contributed by atoms with van der Waals surface area (Å²) in [6, 6.07) is 13.3. The van der Waals surface area contributed by atoms with Gasteiger partial charge in [0.1, 0.15) is 24.3 Å². The lowest BCUT2D eigenvalue weighted by atomic mass is 10.3. The molecule has 142 valence electrons. The molecule has 0 radical (unpaired) electrons. The number of benzene rings is 2. The summed E-state index contributed by atoms with van der Waals surface area (Å²) in [4.78, 5) is 4.16. The van der Waals surface area contributed by atoms with Crippen molar-refractivity contribution in [1.29, 1.82) is 0 Å². The van der Waals surface area contributed by atoms with E-state index in [0.717, 1.165) is 15.6 Å². The van der Waals surface area contributed by atoms with Crippen molar-refractivity contribution in [3.63, 3.8) is 0 Å². The average molecular weight is 408 g/mol. The second-order valence-corrected chi connectivity index (χ2v) is 8.32. The number of aromatic nitrogens is 1. The first-order chi connectivity index (χ1) is 13.0. The van der Waals surface area contributed by atoms with Gasteiger partial charge in [0, 0.05) is 11.6 Å².